The normalized spacial score (nSPS) is 23.7. The van der Waals surface area contributed by atoms with Gasteiger partial charge in [0, 0.05) is 55.5 Å². The Kier molecular flexibility index (Phi) is 6.24. The molecule has 3 aromatic rings. The van der Waals surface area contributed by atoms with Crippen molar-refractivity contribution >= 4 is 29.2 Å². The van der Waals surface area contributed by atoms with Crippen LogP contribution in [0, 0.1) is 11.7 Å². The number of imide groups is 1. The molecular formula is C30H32FN7O3. The van der Waals surface area contributed by atoms with Crippen molar-refractivity contribution in [2.75, 3.05) is 24.2 Å². The van der Waals surface area contributed by atoms with Gasteiger partial charge in [0.25, 0.3) is 5.91 Å². The minimum Gasteiger partial charge on any atom is -0.385 e. The number of hydrogen-bond donors (Lipinski definition) is 3. The molecule has 3 amide bonds. The van der Waals surface area contributed by atoms with E-state index < -0.39 is 11.9 Å². The first kappa shape index (κ1) is 25.7. The first-order chi connectivity index (χ1) is 19.9. The van der Waals surface area contributed by atoms with Crippen molar-refractivity contribution in [1.82, 2.24) is 25.0 Å². The third-order valence-electron chi connectivity index (χ3n) is 8.79. The Bertz CT molecular complexity index is 1560. The molecule has 0 bridgehead atoms. The lowest BCUT2D eigenvalue weighted by molar-refractivity contribution is -0.136. The Hall–Kier alpha value is -4.28. The monoisotopic (exact) mass is 557 g/mol. The van der Waals surface area contributed by atoms with Crippen LogP contribution in [0.15, 0.2) is 36.5 Å². The van der Waals surface area contributed by atoms with Gasteiger partial charge in [0.05, 0.1) is 17.4 Å². The predicted octanol–water partition coefficient (Wildman–Crippen LogP) is 3.83. The number of piperidine rings is 1. The zero-order chi connectivity index (χ0) is 28.2. The molecule has 1 saturated heterocycles. The fraction of sp³-hybridized carbons (Fsp3) is 0.433. The molecule has 0 radical (unpaired) electrons. The third kappa shape index (κ3) is 4.72. The van der Waals surface area contributed by atoms with Crippen LogP contribution in [0.5, 0.6) is 0 Å². The van der Waals surface area contributed by atoms with E-state index in [1.54, 1.807) is 18.0 Å². The smallest absolute Gasteiger partial charge is 0.255 e. The molecule has 4 heterocycles. The highest BCUT2D eigenvalue weighted by molar-refractivity contribution is 6.05. The fourth-order valence-corrected chi connectivity index (χ4v) is 6.25. The molecule has 4 aliphatic rings. The van der Waals surface area contributed by atoms with Crippen molar-refractivity contribution < 1.29 is 18.8 Å². The number of nitrogens with zero attached hydrogens (tertiary/aromatic N) is 4. The van der Waals surface area contributed by atoms with E-state index in [1.807, 2.05) is 18.2 Å². The van der Waals surface area contributed by atoms with Gasteiger partial charge in [-0.05, 0) is 73.9 Å². The van der Waals surface area contributed by atoms with Crippen LogP contribution in [0.3, 0.4) is 0 Å². The Labute approximate surface area is 236 Å². The topological polar surface area (TPSA) is 121 Å². The summed E-state index contributed by atoms with van der Waals surface area (Å²) in [4.78, 5) is 42.8. The number of fused-ring (bicyclic) bond motifs is 1. The van der Waals surface area contributed by atoms with Gasteiger partial charge < -0.3 is 15.5 Å². The second kappa shape index (κ2) is 9.97. The average Bonchev–Trinajstić information content (AvgIpc) is 3.61. The molecule has 2 aliphatic carbocycles. The van der Waals surface area contributed by atoms with Crippen molar-refractivity contribution in [3.05, 3.63) is 59.2 Å². The molecular weight excluding hydrogens is 525 g/mol. The van der Waals surface area contributed by atoms with Crippen LogP contribution in [0.25, 0.3) is 11.3 Å². The van der Waals surface area contributed by atoms with E-state index in [-0.39, 0.29) is 29.9 Å². The van der Waals surface area contributed by atoms with Gasteiger partial charge in [-0.1, -0.05) is 0 Å². The van der Waals surface area contributed by atoms with Crippen molar-refractivity contribution in [3.63, 3.8) is 0 Å². The van der Waals surface area contributed by atoms with Crippen LogP contribution in [-0.4, -0.2) is 57.0 Å². The molecule has 10 nitrogen and oxygen atoms in total. The van der Waals surface area contributed by atoms with E-state index in [0.717, 1.165) is 60.4 Å². The van der Waals surface area contributed by atoms with Crippen LogP contribution < -0.4 is 16.0 Å². The summed E-state index contributed by atoms with van der Waals surface area (Å²) < 4.78 is 16.1. The summed E-state index contributed by atoms with van der Waals surface area (Å²) in [5.74, 6) is -0.0306. The molecule has 7 rings (SSSR count). The Morgan fingerprint density at radius 3 is 2.66 bits per heavy atom. The number of nitrogens with one attached hydrogen (secondary N) is 3. The molecule has 1 unspecified atom stereocenters. The second-order valence-electron chi connectivity index (χ2n) is 11.6. The van der Waals surface area contributed by atoms with E-state index >= 15 is 0 Å². The lowest BCUT2D eigenvalue weighted by atomic mass is 9.80. The highest BCUT2D eigenvalue weighted by Gasteiger charge is 2.39. The standard InChI is InChI=1S/C30H32FN7O3/c1-32-28-23(31)6-7-24(34-28)22-15-38(36-27(22)17-2-3-17)20-10-16(11-20)13-33-19-4-5-21-18(12-19)14-37(30(21)41)25-8-9-26(39)35-29(25)40/h4-7,12,15-17,20,25,33H,2-3,8-11,13-14H2,1H3,(H,32,34)(H,35,39,40). The zero-order valence-electron chi connectivity index (χ0n) is 22.8. The fourth-order valence-electron chi connectivity index (χ4n) is 6.25. The molecule has 2 saturated carbocycles. The van der Waals surface area contributed by atoms with Gasteiger partial charge in [-0.2, -0.15) is 5.10 Å². The molecule has 2 aromatic heterocycles. The van der Waals surface area contributed by atoms with Gasteiger partial charge in [0.15, 0.2) is 11.6 Å². The van der Waals surface area contributed by atoms with Crippen molar-refractivity contribution in [2.45, 2.75) is 63.1 Å². The number of pyridine rings is 1. The number of rotatable bonds is 8. The number of hydrogen-bond acceptors (Lipinski definition) is 7. The maximum Gasteiger partial charge on any atom is 0.255 e. The lowest BCUT2D eigenvalue weighted by Crippen LogP contribution is -2.52. The Morgan fingerprint density at radius 1 is 1.07 bits per heavy atom. The molecule has 1 aromatic carbocycles. The van der Waals surface area contributed by atoms with Crippen molar-refractivity contribution in [3.8, 4) is 11.3 Å². The van der Waals surface area contributed by atoms with E-state index in [9.17, 15) is 18.8 Å². The van der Waals surface area contributed by atoms with E-state index in [4.69, 9.17) is 5.10 Å². The molecule has 3 fully saturated rings. The van der Waals surface area contributed by atoms with Gasteiger partial charge >= 0.3 is 0 Å². The van der Waals surface area contributed by atoms with Gasteiger partial charge in [0.1, 0.15) is 6.04 Å². The van der Waals surface area contributed by atoms with Gasteiger partial charge in [-0.25, -0.2) is 9.37 Å². The Balaban J connectivity index is 0.974. The summed E-state index contributed by atoms with van der Waals surface area (Å²) in [5, 5.41) is 13.7. The molecule has 2 aliphatic heterocycles. The summed E-state index contributed by atoms with van der Waals surface area (Å²) in [5.41, 5.74) is 5.25. The molecule has 0 spiro atoms. The van der Waals surface area contributed by atoms with Crippen LogP contribution in [-0.2, 0) is 16.1 Å². The summed E-state index contributed by atoms with van der Waals surface area (Å²) in [7, 11) is 1.67. The number of aromatic nitrogens is 3. The van der Waals surface area contributed by atoms with Crippen LogP contribution in [0.2, 0.25) is 0 Å². The number of benzene rings is 1. The first-order valence-corrected chi connectivity index (χ1v) is 14.3. The van der Waals surface area contributed by atoms with Gasteiger partial charge in [-0.3, -0.25) is 24.4 Å². The molecule has 41 heavy (non-hydrogen) atoms. The predicted molar refractivity (Wildman–Crippen MR) is 150 cm³/mol. The largest absolute Gasteiger partial charge is 0.385 e. The highest BCUT2D eigenvalue weighted by Crippen LogP contribution is 2.45. The van der Waals surface area contributed by atoms with E-state index in [0.29, 0.717) is 36.4 Å². The van der Waals surface area contributed by atoms with E-state index in [1.165, 1.54) is 6.07 Å². The van der Waals surface area contributed by atoms with Gasteiger partial charge in [-0.15, -0.1) is 0 Å². The third-order valence-corrected chi connectivity index (χ3v) is 8.79. The summed E-state index contributed by atoms with van der Waals surface area (Å²) >= 11 is 0. The quantitative estimate of drug-likeness (QED) is 0.360. The summed E-state index contributed by atoms with van der Waals surface area (Å²) in [6.07, 6.45) is 6.93. The van der Waals surface area contributed by atoms with Crippen molar-refractivity contribution in [1.29, 1.82) is 0 Å². The first-order valence-electron chi connectivity index (χ1n) is 14.3. The summed E-state index contributed by atoms with van der Waals surface area (Å²) in [6, 6.07) is 8.62. The molecule has 1 atom stereocenters. The maximum absolute atomic E-state index is 14.0. The number of anilines is 2. The van der Waals surface area contributed by atoms with Crippen LogP contribution in [0.4, 0.5) is 15.9 Å². The minimum atomic E-state index is -0.608. The number of halogens is 1. The molecule has 3 N–H and O–H groups in total. The second-order valence-corrected chi connectivity index (χ2v) is 11.6. The zero-order valence-corrected chi connectivity index (χ0v) is 22.8. The van der Waals surface area contributed by atoms with Crippen LogP contribution in [0.1, 0.15) is 72.1 Å². The lowest BCUT2D eigenvalue weighted by Gasteiger charge is -2.35. The SMILES string of the molecule is CNc1nc(-c2cn(C3CC(CNc4ccc5c(c4)CN(C4CCC(=O)NC4=O)C5=O)C3)nc2C2CC2)ccc1F. The summed E-state index contributed by atoms with van der Waals surface area (Å²) in [6.45, 7) is 1.18. The maximum atomic E-state index is 14.0. The minimum absolute atomic E-state index is 0.162. The molecule has 11 heteroatoms. The van der Waals surface area contributed by atoms with E-state index in [2.05, 4.69) is 31.8 Å². The average molecular weight is 558 g/mol. The number of carbonyl (C=O) groups excluding carboxylic acids is 3. The molecule has 212 valence electrons. The van der Waals surface area contributed by atoms with Gasteiger partial charge in [0.2, 0.25) is 11.8 Å². The number of amides is 3. The van der Waals surface area contributed by atoms with Crippen molar-refractivity contribution in [2.24, 2.45) is 5.92 Å². The highest BCUT2D eigenvalue weighted by atomic mass is 19.1. The Morgan fingerprint density at radius 2 is 1.90 bits per heavy atom. The number of carbonyl (C=O) groups is 3. The van der Waals surface area contributed by atoms with Crippen LogP contribution >= 0.6 is 0 Å².